The monoisotopic (exact) mass is 564 g/mol. The molecule has 0 aliphatic heterocycles. The Morgan fingerprint density at radius 3 is 2.20 bits per heavy atom. The predicted molar refractivity (Wildman–Crippen MR) is 150 cm³/mol. The third-order valence-corrected chi connectivity index (χ3v) is 6.15. The summed E-state index contributed by atoms with van der Waals surface area (Å²) in [6.45, 7) is 1.71. The second-order valence-electron chi connectivity index (χ2n) is 9.00. The van der Waals surface area contributed by atoms with Crippen molar-refractivity contribution in [3.63, 3.8) is 0 Å². The van der Waals surface area contributed by atoms with E-state index in [0.717, 1.165) is 17.2 Å². The summed E-state index contributed by atoms with van der Waals surface area (Å²) in [5.41, 5.74) is 2.12. The molecule has 216 valence electrons. The maximum absolute atomic E-state index is 15.6. The summed E-state index contributed by atoms with van der Waals surface area (Å²) < 4.78 is 36.1. The van der Waals surface area contributed by atoms with E-state index in [2.05, 4.69) is 10.6 Å². The molecule has 0 spiro atoms. The molecule has 3 aromatic rings. The van der Waals surface area contributed by atoms with Crippen LogP contribution < -0.4 is 20.1 Å². The summed E-state index contributed by atoms with van der Waals surface area (Å²) in [4.78, 5) is 37.2. The lowest BCUT2D eigenvalue weighted by Gasteiger charge is -2.19. The van der Waals surface area contributed by atoms with Crippen LogP contribution >= 0.6 is 0 Å². The highest BCUT2D eigenvalue weighted by atomic mass is 19.1. The number of amides is 2. The molecule has 0 aliphatic rings. The maximum atomic E-state index is 15.6. The molecule has 0 saturated carbocycles. The molecule has 3 rings (SSSR count). The number of rotatable bonds is 12. The maximum Gasteiger partial charge on any atom is 0.408 e. The summed E-state index contributed by atoms with van der Waals surface area (Å²) in [5.74, 6) is -1.57. The van der Waals surface area contributed by atoms with Crippen LogP contribution in [0.15, 0.2) is 84.7 Å². The number of esters is 1. The van der Waals surface area contributed by atoms with Crippen LogP contribution in [0.1, 0.15) is 40.0 Å². The minimum atomic E-state index is -1.27. The molecule has 0 aliphatic carbocycles. The van der Waals surface area contributed by atoms with E-state index in [1.807, 2.05) is 18.2 Å². The molecule has 2 unspecified atom stereocenters. The zero-order valence-corrected chi connectivity index (χ0v) is 23.3. The highest BCUT2D eigenvalue weighted by Gasteiger charge is 2.23. The zero-order valence-electron chi connectivity index (χ0n) is 23.3. The molecule has 2 N–H and O–H groups in total. The first-order valence-electron chi connectivity index (χ1n) is 12.8. The average Bonchev–Trinajstić information content (AvgIpc) is 3.01. The standard InChI is InChI=1S/C31H33FN2O7/c1-20(29(35)33-18-22-10-15-26(38-2)27(17-22)39-3)16-25(32)28(23-11-13-24(14-12-23)30(36)40-4)34-31(37)41-19-21-8-6-5-7-9-21/h5-17,20,28H,18-19H2,1-4H3,(H,33,35)(H,34,37). The highest BCUT2D eigenvalue weighted by Crippen LogP contribution is 2.28. The Kier molecular flexibility index (Phi) is 11.3. The normalized spacial score (nSPS) is 12.5. The molecule has 3 aromatic carbocycles. The van der Waals surface area contributed by atoms with Gasteiger partial charge in [0, 0.05) is 6.54 Å². The van der Waals surface area contributed by atoms with Crippen LogP contribution in [0.2, 0.25) is 0 Å². The first-order valence-corrected chi connectivity index (χ1v) is 12.8. The van der Waals surface area contributed by atoms with Gasteiger partial charge < -0.3 is 29.6 Å². The molecule has 0 bridgehead atoms. The van der Waals surface area contributed by atoms with Crippen LogP contribution in [0.25, 0.3) is 0 Å². The minimum Gasteiger partial charge on any atom is -0.493 e. The van der Waals surface area contributed by atoms with Crippen molar-refractivity contribution in [1.82, 2.24) is 10.6 Å². The number of carbonyl (C=O) groups excluding carboxylic acids is 3. The van der Waals surface area contributed by atoms with Crippen LogP contribution in [0.4, 0.5) is 9.18 Å². The molecule has 0 fully saturated rings. The van der Waals surface area contributed by atoms with Gasteiger partial charge in [-0.1, -0.05) is 48.5 Å². The third kappa shape index (κ3) is 8.82. The van der Waals surface area contributed by atoms with Gasteiger partial charge in [-0.3, -0.25) is 4.79 Å². The van der Waals surface area contributed by atoms with Gasteiger partial charge in [-0.2, -0.15) is 0 Å². The number of hydrogen-bond donors (Lipinski definition) is 2. The second kappa shape index (κ2) is 15.1. The number of carbonyl (C=O) groups is 3. The topological polar surface area (TPSA) is 112 Å². The van der Waals surface area contributed by atoms with Crippen molar-refractivity contribution in [2.75, 3.05) is 21.3 Å². The Bertz CT molecular complexity index is 1360. The molecule has 0 heterocycles. The van der Waals surface area contributed by atoms with Gasteiger partial charge in [0.15, 0.2) is 11.5 Å². The first kappa shape index (κ1) is 30.7. The summed E-state index contributed by atoms with van der Waals surface area (Å²) in [7, 11) is 4.30. The molecule has 2 amide bonds. The van der Waals surface area contributed by atoms with E-state index in [4.69, 9.17) is 18.9 Å². The van der Waals surface area contributed by atoms with Crippen molar-refractivity contribution in [2.45, 2.75) is 26.1 Å². The molecular formula is C31H33FN2O7. The van der Waals surface area contributed by atoms with E-state index in [1.54, 1.807) is 30.3 Å². The summed E-state index contributed by atoms with van der Waals surface area (Å²) in [6, 6.07) is 18.9. The van der Waals surface area contributed by atoms with Crippen molar-refractivity contribution < 1.29 is 37.7 Å². The van der Waals surface area contributed by atoms with Gasteiger partial charge in [0.05, 0.1) is 32.8 Å². The van der Waals surface area contributed by atoms with Crippen molar-refractivity contribution >= 4 is 18.0 Å². The largest absolute Gasteiger partial charge is 0.493 e. The molecular weight excluding hydrogens is 531 g/mol. The fourth-order valence-electron chi connectivity index (χ4n) is 3.88. The smallest absolute Gasteiger partial charge is 0.408 e. The third-order valence-electron chi connectivity index (χ3n) is 6.15. The van der Waals surface area contributed by atoms with Crippen molar-refractivity contribution in [3.05, 3.63) is 107 Å². The Morgan fingerprint density at radius 1 is 0.878 bits per heavy atom. The number of nitrogens with one attached hydrogen (secondary N) is 2. The average molecular weight is 565 g/mol. The zero-order chi connectivity index (χ0) is 29.8. The summed E-state index contributed by atoms with van der Waals surface area (Å²) >= 11 is 0. The molecule has 0 saturated heterocycles. The Hall–Kier alpha value is -4.86. The van der Waals surface area contributed by atoms with E-state index in [0.29, 0.717) is 17.1 Å². The number of alkyl carbamates (subject to hydrolysis) is 1. The molecule has 10 heteroatoms. The van der Waals surface area contributed by atoms with E-state index >= 15 is 4.39 Å². The van der Waals surface area contributed by atoms with Gasteiger partial charge >= 0.3 is 12.1 Å². The lowest BCUT2D eigenvalue weighted by atomic mass is 10.0. The quantitative estimate of drug-likeness (QED) is 0.289. The Morgan fingerprint density at radius 2 is 1.56 bits per heavy atom. The van der Waals surface area contributed by atoms with Crippen LogP contribution in [-0.2, 0) is 27.4 Å². The van der Waals surface area contributed by atoms with Gasteiger partial charge in [-0.05, 0) is 54.0 Å². The number of halogens is 1. The van der Waals surface area contributed by atoms with Gasteiger partial charge in [-0.25, -0.2) is 14.0 Å². The first-order chi connectivity index (χ1) is 19.7. The van der Waals surface area contributed by atoms with E-state index < -0.39 is 35.8 Å². The molecule has 41 heavy (non-hydrogen) atoms. The van der Waals surface area contributed by atoms with E-state index in [1.165, 1.54) is 52.5 Å². The van der Waals surface area contributed by atoms with E-state index in [-0.39, 0.29) is 18.7 Å². The van der Waals surface area contributed by atoms with Crippen molar-refractivity contribution in [1.29, 1.82) is 0 Å². The van der Waals surface area contributed by atoms with Crippen molar-refractivity contribution in [3.8, 4) is 11.5 Å². The van der Waals surface area contributed by atoms with Crippen LogP contribution in [-0.4, -0.2) is 39.3 Å². The lowest BCUT2D eigenvalue weighted by molar-refractivity contribution is -0.123. The van der Waals surface area contributed by atoms with Gasteiger partial charge in [0.25, 0.3) is 0 Å². The summed E-state index contributed by atoms with van der Waals surface area (Å²) in [5, 5.41) is 5.28. The molecule has 2 atom stereocenters. The molecule has 9 nitrogen and oxygen atoms in total. The Balaban J connectivity index is 1.73. The van der Waals surface area contributed by atoms with Gasteiger partial charge in [0.2, 0.25) is 5.91 Å². The second-order valence-corrected chi connectivity index (χ2v) is 9.00. The highest BCUT2D eigenvalue weighted by molar-refractivity contribution is 5.89. The molecule has 0 radical (unpaired) electrons. The number of methoxy groups -OCH3 is 3. The molecule has 0 aromatic heterocycles. The van der Waals surface area contributed by atoms with Gasteiger partial charge in [-0.15, -0.1) is 0 Å². The van der Waals surface area contributed by atoms with E-state index in [9.17, 15) is 14.4 Å². The van der Waals surface area contributed by atoms with Crippen molar-refractivity contribution in [2.24, 2.45) is 5.92 Å². The fraction of sp³-hybridized carbons (Fsp3) is 0.258. The fourth-order valence-corrected chi connectivity index (χ4v) is 3.88. The van der Waals surface area contributed by atoms with Gasteiger partial charge in [0.1, 0.15) is 18.5 Å². The lowest BCUT2D eigenvalue weighted by Crippen LogP contribution is -2.31. The van der Waals surface area contributed by atoms with Crippen LogP contribution in [0, 0.1) is 5.92 Å². The predicted octanol–water partition coefficient (Wildman–Crippen LogP) is 5.26. The van der Waals surface area contributed by atoms with Crippen LogP contribution in [0.3, 0.4) is 0 Å². The van der Waals surface area contributed by atoms with Crippen LogP contribution in [0.5, 0.6) is 11.5 Å². The number of benzene rings is 3. The summed E-state index contributed by atoms with van der Waals surface area (Å²) in [6.07, 6.45) is 0.269. The minimum absolute atomic E-state index is 0.0129. The number of ether oxygens (including phenoxy) is 4. The Labute approximate surface area is 238 Å². The SMILES string of the molecule is COC(=O)c1ccc(C(NC(=O)OCc2ccccc2)C(F)=CC(C)C(=O)NCc2ccc(OC)c(OC)c2)cc1. The number of hydrogen-bond acceptors (Lipinski definition) is 7.